The average Bonchev–Trinajstić information content (AvgIpc) is 2.95. The van der Waals surface area contributed by atoms with Crippen molar-refractivity contribution in [1.82, 2.24) is 15.5 Å². The molecule has 244 valence electrons. The van der Waals surface area contributed by atoms with Crippen molar-refractivity contribution < 1.29 is 38.5 Å². The lowest BCUT2D eigenvalue weighted by Gasteiger charge is -2.30. The lowest BCUT2D eigenvalue weighted by molar-refractivity contribution is -0.120. The van der Waals surface area contributed by atoms with Gasteiger partial charge in [-0.1, -0.05) is 38.2 Å². The third-order valence-corrected chi connectivity index (χ3v) is 7.65. The van der Waals surface area contributed by atoms with Crippen LogP contribution in [0, 0.1) is 11.8 Å². The first-order valence-corrected chi connectivity index (χ1v) is 14.7. The second-order valence-electron chi connectivity index (χ2n) is 11.7. The number of nitrogens with two attached hydrogens (primary N) is 1. The highest BCUT2D eigenvalue weighted by Gasteiger charge is 2.33. The van der Waals surface area contributed by atoms with Crippen molar-refractivity contribution in [3.8, 4) is 0 Å². The molecule has 1 heterocycles. The Bertz CT molecular complexity index is 1230. The number of aliphatic hydroxyl groups is 1. The Hall–Kier alpha value is -3.58. The standard InChI is InChI=1S/C32H48N4O8/c1-18-14-22-27(34-12-13-36(5)6)24(37)17-23(29(22)39)35-31(40)19(2)10-9-11-25(42-7)30(44-32(33)41)21(4)16-20(3)28(38)26(15-18)43-8/h9-11,16-18,20,25-26,28,30,34,38H,12-15H2,1-8H3,(H2,33,41)(H,35,40)/b11-9-,19-10?,21-16?/t18-,20+,25+,26+,28-,30+/m1/s1. The fourth-order valence-electron chi connectivity index (χ4n) is 5.18. The summed E-state index contributed by atoms with van der Waals surface area (Å²) in [7, 11) is 6.74. The third kappa shape index (κ3) is 10.3. The number of amides is 2. The zero-order chi connectivity index (χ0) is 33.1. The highest BCUT2D eigenvalue weighted by atomic mass is 16.6. The number of ether oxygens (including phenoxy) is 3. The largest absolute Gasteiger partial charge is 0.439 e. The van der Waals surface area contributed by atoms with Gasteiger partial charge in [0.1, 0.15) is 6.10 Å². The molecule has 0 radical (unpaired) electrons. The number of primary amides is 1. The number of methoxy groups -OCH3 is 2. The van der Waals surface area contributed by atoms with Gasteiger partial charge in [0.25, 0.3) is 5.91 Å². The fraction of sp³-hybridized carbons (Fsp3) is 0.562. The van der Waals surface area contributed by atoms with Gasteiger partial charge in [-0.15, -0.1) is 0 Å². The molecule has 0 spiro atoms. The first-order valence-electron chi connectivity index (χ1n) is 14.7. The van der Waals surface area contributed by atoms with Crippen molar-refractivity contribution in [2.75, 3.05) is 41.4 Å². The van der Waals surface area contributed by atoms with Crippen LogP contribution >= 0.6 is 0 Å². The van der Waals surface area contributed by atoms with Gasteiger partial charge in [0, 0.05) is 50.4 Å². The first kappa shape index (κ1) is 36.6. The summed E-state index contributed by atoms with van der Waals surface area (Å²) in [4.78, 5) is 53.7. The van der Waals surface area contributed by atoms with E-state index in [4.69, 9.17) is 19.9 Å². The number of rotatable bonds is 7. The molecule has 2 amide bonds. The quantitative estimate of drug-likeness (QED) is 0.245. The van der Waals surface area contributed by atoms with Crippen LogP contribution in [-0.4, -0.2) is 99.4 Å². The molecule has 2 rings (SSSR count). The van der Waals surface area contributed by atoms with Gasteiger partial charge in [0.2, 0.25) is 11.6 Å². The maximum atomic E-state index is 13.7. The van der Waals surface area contributed by atoms with Crippen molar-refractivity contribution in [1.29, 1.82) is 0 Å². The van der Waals surface area contributed by atoms with Gasteiger partial charge < -0.3 is 40.6 Å². The minimum Gasteiger partial charge on any atom is -0.439 e. The molecule has 1 aliphatic carbocycles. The van der Waals surface area contributed by atoms with Crippen molar-refractivity contribution in [3.63, 3.8) is 0 Å². The summed E-state index contributed by atoms with van der Waals surface area (Å²) in [6.45, 7) is 8.09. The number of allylic oxidation sites excluding steroid dienone is 4. The lowest BCUT2D eigenvalue weighted by Crippen LogP contribution is -2.38. The summed E-state index contributed by atoms with van der Waals surface area (Å²) in [5.41, 5.74) is 6.55. The Morgan fingerprint density at radius 2 is 1.84 bits per heavy atom. The Balaban J connectivity index is 2.60. The van der Waals surface area contributed by atoms with Crippen molar-refractivity contribution >= 4 is 23.6 Å². The average molecular weight is 617 g/mol. The predicted octanol–water partition coefficient (Wildman–Crippen LogP) is 1.91. The van der Waals surface area contributed by atoms with Crippen LogP contribution in [0.3, 0.4) is 0 Å². The van der Waals surface area contributed by atoms with Gasteiger partial charge in [-0.25, -0.2) is 4.79 Å². The number of Topliss-reactive ketones (excluding diaryl/α,β-unsaturated/α-hetero) is 1. The molecule has 5 N–H and O–H groups in total. The van der Waals surface area contributed by atoms with Crippen LogP contribution in [0.5, 0.6) is 0 Å². The van der Waals surface area contributed by atoms with E-state index in [0.29, 0.717) is 25.1 Å². The smallest absolute Gasteiger partial charge is 0.405 e. The molecule has 2 bridgehead atoms. The molecule has 0 fully saturated rings. The van der Waals surface area contributed by atoms with Crippen LogP contribution in [0.1, 0.15) is 40.5 Å². The summed E-state index contributed by atoms with van der Waals surface area (Å²) >= 11 is 0. The van der Waals surface area contributed by atoms with E-state index in [-0.39, 0.29) is 34.9 Å². The third-order valence-electron chi connectivity index (χ3n) is 7.65. The van der Waals surface area contributed by atoms with E-state index in [1.54, 1.807) is 32.1 Å². The van der Waals surface area contributed by atoms with E-state index < -0.39 is 53.9 Å². The number of carbonyl (C=O) groups is 4. The van der Waals surface area contributed by atoms with Crippen molar-refractivity contribution in [2.45, 2.75) is 65.0 Å². The number of ketones is 2. The number of aliphatic hydroxyl groups excluding tert-OH is 1. The number of fused-ring (bicyclic) bond motifs is 2. The molecule has 0 saturated heterocycles. The summed E-state index contributed by atoms with van der Waals surface area (Å²) in [5, 5.41) is 17.0. The zero-order valence-electron chi connectivity index (χ0n) is 27.0. The zero-order valence-corrected chi connectivity index (χ0v) is 27.0. The monoisotopic (exact) mass is 616 g/mol. The molecule has 0 aromatic carbocycles. The molecule has 12 heteroatoms. The molecule has 0 aromatic heterocycles. The van der Waals surface area contributed by atoms with Crippen LogP contribution in [0.15, 0.2) is 58.5 Å². The highest BCUT2D eigenvalue weighted by Crippen LogP contribution is 2.28. The lowest BCUT2D eigenvalue weighted by atomic mass is 9.85. The summed E-state index contributed by atoms with van der Waals surface area (Å²) in [6.07, 6.45) is 3.88. The van der Waals surface area contributed by atoms with Gasteiger partial charge in [0.05, 0.1) is 23.6 Å². The number of hydrogen-bond donors (Lipinski definition) is 4. The molecule has 44 heavy (non-hydrogen) atoms. The van der Waals surface area contributed by atoms with Gasteiger partial charge in [-0.3, -0.25) is 14.4 Å². The topological polar surface area (TPSA) is 170 Å². The minimum absolute atomic E-state index is 0.114. The molecule has 0 aromatic rings. The van der Waals surface area contributed by atoms with Crippen LogP contribution in [0.25, 0.3) is 0 Å². The van der Waals surface area contributed by atoms with Gasteiger partial charge in [-0.05, 0) is 52.3 Å². The van der Waals surface area contributed by atoms with Crippen molar-refractivity contribution in [2.24, 2.45) is 17.6 Å². The minimum atomic E-state index is -0.997. The van der Waals surface area contributed by atoms with Gasteiger partial charge >= 0.3 is 6.09 Å². The van der Waals surface area contributed by atoms with Crippen LogP contribution in [-0.2, 0) is 28.6 Å². The fourth-order valence-corrected chi connectivity index (χ4v) is 5.18. The highest BCUT2D eigenvalue weighted by molar-refractivity contribution is 6.23. The molecule has 12 nitrogen and oxygen atoms in total. The molecule has 6 atom stereocenters. The Morgan fingerprint density at radius 3 is 2.43 bits per heavy atom. The Morgan fingerprint density at radius 1 is 1.16 bits per heavy atom. The van der Waals surface area contributed by atoms with E-state index in [9.17, 15) is 24.3 Å². The van der Waals surface area contributed by atoms with Crippen molar-refractivity contribution in [3.05, 3.63) is 58.5 Å². The maximum absolute atomic E-state index is 13.7. The Labute approximate surface area is 260 Å². The van der Waals surface area contributed by atoms with Gasteiger partial charge in [0.15, 0.2) is 6.10 Å². The second kappa shape index (κ2) is 17.0. The SMILES string of the molecule is CO[C@H]1/C=C\C=C(C)C(=O)NC2=CC(=O)C(NCCN(C)C)=C(C[C@@H](C)C[C@H](OC)[C@H](O)[C@@H](C)C=C(C)[C@@H]1OC(N)=O)C2=O. The van der Waals surface area contributed by atoms with Crippen LogP contribution in [0.4, 0.5) is 4.79 Å². The Kier molecular flexibility index (Phi) is 14.2. The number of likely N-dealkylation sites (N-methyl/N-ethyl adjacent to an activating group) is 1. The van der Waals surface area contributed by atoms with E-state index in [1.165, 1.54) is 20.3 Å². The molecule has 0 unspecified atom stereocenters. The molecule has 0 saturated carbocycles. The van der Waals surface area contributed by atoms with E-state index in [1.807, 2.05) is 32.8 Å². The molecule has 2 aliphatic rings. The maximum Gasteiger partial charge on any atom is 0.405 e. The molecule has 1 aliphatic heterocycles. The summed E-state index contributed by atoms with van der Waals surface area (Å²) in [5.74, 6) is -2.06. The normalized spacial score (nSPS) is 28.6. The first-order chi connectivity index (χ1) is 20.7. The number of nitrogens with one attached hydrogen (secondary N) is 2. The predicted molar refractivity (Wildman–Crippen MR) is 166 cm³/mol. The summed E-state index contributed by atoms with van der Waals surface area (Å²) < 4.78 is 16.6. The summed E-state index contributed by atoms with van der Waals surface area (Å²) in [6, 6.07) is 0. The van der Waals surface area contributed by atoms with Crippen LogP contribution in [0.2, 0.25) is 0 Å². The number of hydrogen-bond acceptors (Lipinski definition) is 10. The van der Waals surface area contributed by atoms with Crippen LogP contribution < -0.4 is 16.4 Å². The van der Waals surface area contributed by atoms with E-state index in [2.05, 4.69) is 10.6 Å². The number of nitrogens with zero attached hydrogens (tertiary/aromatic N) is 1. The molecular weight excluding hydrogens is 568 g/mol. The van der Waals surface area contributed by atoms with E-state index in [0.717, 1.165) is 6.08 Å². The van der Waals surface area contributed by atoms with Gasteiger partial charge in [-0.2, -0.15) is 0 Å². The molecular formula is C32H48N4O8. The number of carbonyl (C=O) groups excluding carboxylic acids is 4. The second-order valence-corrected chi connectivity index (χ2v) is 11.7. The van der Waals surface area contributed by atoms with E-state index >= 15 is 0 Å².